The molecule has 0 radical (unpaired) electrons. The molecule has 0 aliphatic rings. The van der Waals surface area contributed by atoms with Crippen LogP contribution < -0.4 is 9.47 Å². The highest BCUT2D eigenvalue weighted by molar-refractivity contribution is 5.64. The molecule has 26 heavy (non-hydrogen) atoms. The van der Waals surface area contributed by atoms with Gasteiger partial charge in [-0.2, -0.15) is 10.5 Å². The van der Waals surface area contributed by atoms with Crippen LogP contribution in [-0.2, 0) is 0 Å². The molecular weight excluding hydrogens is 324 g/mol. The summed E-state index contributed by atoms with van der Waals surface area (Å²) >= 11 is 0. The summed E-state index contributed by atoms with van der Waals surface area (Å²) in [5, 5.41) is 17.7. The van der Waals surface area contributed by atoms with Crippen molar-refractivity contribution in [3.8, 4) is 34.8 Å². The van der Waals surface area contributed by atoms with Crippen molar-refractivity contribution in [2.24, 2.45) is 0 Å². The van der Waals surface area contributed by atoms with Crippen molar-refractivity contribution in [1.29, 1.82) is 10.5 Å². The Balaban J connectivity index is 1.51. The monoisotopic (exact) mass is 340 g/mol. The lowest BCUT2D eigenvalue weighted by Crippen LogP contribution is -2.08. The van der Waals surface area contributed by atoms with Gasteiger partial charge in [-0.25, -0.2) is 0 Å². The summed E-state index contributed by atoms with van der Waals surface area (Å²) in [5.41, 5.74) is 3.33. The number of hydrogen-bond donors (Lipinski definition) is 0. The van der Waals surface area contributed by atoms with Crippen LogP contribution in [0.25, 0.3) is 11.1 Å². The molecule has 0 amide bonds. The average molecular weight is 340 g/mol. The fourth-order valence-corrected chi connectivity index (χ4v) is 2.46. The maximum absolute atomic E-state index is 8.87. The number of benzene rings is 3. The molecule has 0 aliphatic heterocycles. The number of nitriles is 2. The van der Waals surface area contributed by atoms with Crippen molar-refractivity contribution in [3.63, 3.8) is 0 Å². The third kappa shape index (κ3) is 4.41. The maximum Gasteiger partial charge on any atom is 0.122 e. The Hall–Kier alpha value is -3.76. The van der Waals surface area contributed by atoms with Crippen LogP contribution in [0.4, 0.5) is 0 Å². The second-order valence-corrected chi connectivity index (χ2v) is 5.55. The van der Waals surface area contributed by atoms with Crippen LogP contribution in [0.5, 0.6) is 11.5 Å². The van der Waals surface area contributed by atoms with Crippen LogP contribution in [0, 0.1) is 22.7 Å². The van der Waals surface area contributed by atoms with Crippen LogP contribution >= 0.6 is 0 Å². The highest BCUT2D eigenvalue weighted by Gasteiger charge is 2.01. The van der Waals surface area contributed by atoms with Gasteiger partial charge in [0.25, 0.3) is 0 Å². The predicted molar refractivity (Wildman–Crippen MR) is 98.7 cm³/mol. The minimum Gasteiger partial charge on any atom is -0.490 e. The molecule has 0 bridgehead atoms. The largest absolute Gasteiger partial charge is 0.490 e. The first kappa shape index (κ1) is 17.1. The first-order valence-electron chi connectivity index (χ1n) is 8.15. The number of ether oxygens (including phenoxy) is 2. The van der Waals surface area contributed by atoms with Gasteiger partial charge in [0.2, 0.25) is 0 Å². The second kappa shape index (κ2) is 8.37. The molecule has 0 N–H and O–H groups in total. The summed E-state index contributed by atoms with van der Waals surface area (Å²) in [6.07, 6.45) is 0. The van der Waals surface area contributed by atoms with Gasteiger partial charge < -0.3 is 9.47 Å². The minimum atomic E-state index is 0.395. The van der Waals surface area contributed by atoms with Crippen LogP contribution in [0.1, 0.15) is 11.1 Å². The van der Waals surface area contributed by atoms with Crippen LogP contribution in [0.2, 0.25) is 0 Å². The molecule has 0 aromatic heterocycles. The molecule has 0 atom stereocenters. The Morgan fingerprint density at radius 3 is 1.81 bits per heavy atom. The molecule has 126 valence electrons. The highest BCUT2D eigenvalue weighted by atomic mass is 16.5. The van der Waals surface area contributed by atoms with E-state index in [1.165, 1.54) is 0 Å². The SMILES string of the molecule is N#Cc1ccc(-c2ccc(OCCOc3cccc(C#N)c3)cc2)cc1. The predicted octanol–water partition coefficient (Wildman–Crippen LogP) is 4.55. The van der Waals surface area contributed by atoms with Gasteiger partial charge >= 0.3 is 0 Å². The molecule has 0 spiro atoms. The van der Waals surface area contributed by atoms with Gasteiger partial charge in [-0.3, -0.25) is 0 Å². The third-order valence-electron chi connectivity index (χ3n) is 3.79. The van der Waals surface area contributed by atoms with E-state index < -0.39 is 0 Å². The summed E-state index contributed by atoms with van der Waals surface area (Å²) in [7, 11) is 0. The quantitative estimate of drug-likeness (QED) is 0.617. The van der Waals surface area contributed by atoms with E-state index in [-0.39, 0.29) is 0 Å². The molecule has 0 unspecified atom stereocenters. The summed E-state index contributed by atoms with van der Waals surface area (Å²) in [4.78, 5) is 0. The van der Waals surface area contributed by atoms with Gasteiger partial charge in [0.15, 0.2) is 0 Å². The summed E-state index contributed by atoms with van der Waals surface area (Å²) in [5.74, 6) is 1.42. The summed E-state index contributed by atoms with van der Waals surface area (Å²) in [6, 6.07) is 26.5. The van der Waals surface area contributed by atoms with Gasteiger partial charge in [-0.05, 0) is 53.6 Å². The highest BCUT2D eigenvalue weighted by Crippen LogP contribution is 2.22. The topological polar surface area (TPSA) is 66.0 Å². The van der Waals surface area contributed by atoms with E-state index in [2.05, 4.69) is 12.1 Å². The Morgan fingerprint density at radius 1 is 0.615 bits per heavy atom. The Morgan fingerprint density at radius 2 is 1.19 bits per heavy atom. The van der Waals surface area contributed by atoms with Crippen molar-refractivity contribution < 1.29 is 9.47 Å². The van der Waals surface area contributed by atoms with E-state index in [9.17, 15) is 0 Å². The van der Waals surface area contributed by atoms with Gasteiger partial charge in [-0.1, -0.05) is 30.3 Å². The Kier molecular flexibility index (Phi) is 5.50. The fourth-order valence-electron chi connectivity index (χ4n) is 2.46. The Bertz CT molecular complexity index is 949. The summed E-state index contributed by atoms with van der Waals surface area (Å²) < 4.78 is 11.3. The van der Waals surface area contributed by atoms with E-state index in [1.54, 1.807) is 30.3 Å². The zero-order valence-electron chi connectivity index (χ0n) is 14.1. The van der Waals surface area contributed by atoms with Crippen LogP contribution in [0.3, 0.4) is 0 Å². The van der Waals surface area contributed by atoms with E-state index >= 15 is 0 Å². The maximum atomic E-state index is 8.87. The van der Waals surface area contributed by atoms with Crippen molar-refractivity contribution >= 4 is 0 Å². The molecule has 0 saturated carbocycles. The first-order valence-corrected chi connectivity index (χ1v) is 8.15. The molecule has 3 aromatic rings. The second-order valence-electron chi connectivity index (χ2n) is 5.55. The zero-order valence-corrected chi connectivity index (χ0v) is 14.1. The average Bonchev–Trinajstić information content (AvgIpc) is 2.72. The Labute approximate surface area is 152 Å². The molecule has 0 heterocycles. The molecule has 4 nitrogen and oxygen atoms in total. The van der Waals surface area contributed by atoms with E-state index in [4.69, 9.17) is 20.0 Å². The lowest BCUT2D eigenvalue weighted by atomic mass is 10.0. The smallest absolute Gasteiger partial charge is 0.122 e. The van der Waals surface area contributed by atoms with Crippen molar-refractivity contribution in [3.05, 3.63) is 83.9 Å². The molecule has 3 aromatic carbocycles. The molecule has 3 rings (SSSR count). The standard InChI is InChI=1S/C22H16N2O2/c23-15-17-4-6-19(7-5-17)20-8-10-21(11-9-20)25-12-13-26-22-3-1-2-18(14-22)16-24/h1-11,14H,12-13H2. The van der Waals surface area contributed by atoms with E-state index in [1.807, 2.05) is 42.5 Å². The summed E-state index contributed by atoms with van der Waals surface area (Å²) in [6.45, 7) is 0.805. The zero-order chi connectivity index (χ0) is 18.2. The fraction of sp³-hybridized carbons (Fsp3) is 0.0909. The number of nitrogens with zero attached hydrogens (tertiary/aromatic N) is 2. The van der Waals surface area contributed by atoms with E-state index in [0.29, 0.717) is 30.1 Å². The molecule has 0 fully saturated rings. The van der Waals surface area contributed by atoms with Crippen LogP contribution in [-0.4, -0.2) is 13.2 Å². The normalized spacial score (nSPS) is 9.77. The molecule has 4 heteroatoms. The molecule has 0 saturated heterocycles. The van der Waals surface area contributed by atoms with Crippen molar-refractivity contribution in [2.75, 3.05) is 13.2 Å². The van der Waals surface area contributed by atoms with Gasteiger partial charge in [0.05, 0.1) is 23.3 Å². The molecular formula is C22H16N2O2. The van der Waals surface area contributed by atoms with Gasteiger partial charge in [0, 0.05) is 0 Å². The minimum absolute atomic E-state index is 0.395. The van der Waals surface area contributed by atoms with Crippen molar-refractivity contribution in [2.45, 2.75) is 0 Å². The van der Waals surface area contributed by atoms with Crippen molar-refractivity contribution in [1.82, 2.24) is 0 Å². The van der Waals surface area contributed by atoms with E-state index in [0.717, 1.165) is 16.9 Å². The van der Waals surface area contributed by atoms with Gasteiger partial charge in [-0.15, -0.1) is 0 Å². The number of hydrogen-bond acceptors (Lipinski definition) is 4. The third-order valence-corrected chi connectivity index (χ3v) is 3.79. The lowest BCUT2D eigenvalue weighted by Gasteiger charge is -2.09. The first-order chi connectivity index (χ1) is 12.8. The van der Waals surface area contributed by atoms with Gasteiger partial charge in [0.1, 0.15) is 24.7 Å². The molecule has 0 aliphatic carbocycles. The van der Waals surface area contributed by atoms with Crippen LogP contribution in [0.15, 0.2) is 72.8 Å². The lowest BCUT2D eigenvalue weighted by molar-refractivity contribution is 0.217. The number of rotatable bonds is 6.